The van der Waals surface area contributed by atoms with Crippen molar-refractivity contribution in [3.63, 3.8) is 0 Å². The van der Waals surface area contributed by atoms with E-state index in [0.717, 1.165) is 23.9 Å². The summed E-state index contributed by atoms with van der Waals surface area (Å²) in [7, 11) is 1.90. The van der Waals surface area contributed by atoms with Gasteiger partial charge in [-0.3, -0.25) is 14.5 Å². The lowest BCUT2D eigenvalue weighted by molar-refractivity contribution is -0.122. The highest BCUT2D eigenvalue weighted by molar-refractivity contribution is 8.18. The topological polar surface area (TPSA) is 42.3 Å². The van der Waals surface area contributed by atoms with Gasteiger partial charge in [0.2, 0.25) is 0 Å². The summed E-state index contributed by atoms with van der Waals surface area (Å²) in [6.45, 7) is 2.44. The minimum absolute atomic E-state index is 0.169. The molecule has 90 valence electrons. The first-order valence-corrected chi connectivity index (χ1v) is 6.32. The fraction of sp³-hybridized carbons (Fsp3) is 0.333. The summed E-state index contributed by atoms with van der Waals surface area (Å²) in [4.78, 5) is 25.4. The zero-order valence-electron chi connectivity index (χ0n) is 9.84. The van der Waals surface area contributed by atoms with Crippen molar-refractivity contribution in [3.8, 4) is 0 Å². The Balaban J connectivity index is 2.25. The van der Waals surface area contributed by atoms with Crippen molar-refractivity contribution in [2.24, 2.45) is 7.05 Å². The average Bonchev–Trinajstić information content (AvgIpc) is 2.79. The molecule has 0 saturated carbocycles. The number of thioether (sulfide) groups is 1. The van der Waals surface area contributed by atoms with Gasteiger partial charge >= 0.3 is 0 Å². The molecular weight excluding hydrogens is 236 g/mol. The molecular formula is C12H14N2O2S. The van der Waals surface area contributed by atoms with Gasteiger partial charge in [0.25, 0.3) is 11.1 Å². The molecule has 1 aliphatic heterocycles. The molecule has 0 N–H and O–H groups in total. The predicted octanol–water partition coefficient (Wildman–Crippen LogP) is 2.47. The third-order valence-electron chi connectivity index (χ3n) is 2.58. The molecule has 1 aromatic rings. The Bertz CT molecular complexity index is 490. The third kappa shape index (κ3) is 2.29. The van der Waals surface area contributed by atoms with Gasteiger partial charge in [-0.1, -0.05) is 6.92 Å². The Hall–Kier alpha value is -1.49. The minimum atomic E-state index is -0.178. The highest BCUT2D eigenvalue weighted by atomic mass is 32.2. The van der Waals surface area contributed by atoms with E-state index in [1.807, 2.05) is 36.9 Å². The van der Waals surface area contributed by atoms with E-state index in [9.17, 15) is 9.59 Å². The van der Waals surface area contributed by atoms with Crippen LogP contribution >= 0.6 is 11.8 Å². The van der Waals surface area contributed by atoms with Gasteiger partial charge in [0.05, 0.1) is 4.91 Å². The maximum atomic E-state index is 12.0. The summed E-state index contributed by atoms with van der Waals surface area (Å²) in [6.07, 6.45) is 4.46. The van der Waals surface area contributed by atoms with E-state index in [1.165, 1.54) is 4.90 Å². The fourth-order valence-corrected chi connectivity index (χ4v) is 2.52. The number of aryl methyl sites for hydroxylation is 1. The van der Waals surface area contributed by atoms with Crippen molar-refractivity contribution >= 4 is 29.0 Å². The van der Waals surface area contributed by atoms with Gasteiger partial charge in [-0.15, -0.1) is 0 Å². The lowest BCUT2D eigenvalue weighted by Gasteiger charge is -2.09. The van der Waals surface area contributed by atoms with Gasteiger partial charge in [0, 0.05) is 25.5 Å². The van der Waals surface area contributed by atoms with E-state index in [4.69, 9.17) is 0 Å². The largest absolute Gasteiger partial charge is 0.351 e. The van der Waals surface area contributed by atoms with Crippen molar-refractivity contribution in [1.82, 2.24) is 9.47 Å². The number of aromatic nitrogens is 1. The molecule has 0 bridgehead atoms. The Morgan fingerprint density at radius 3 is 2.76 bits per heavy atom. The van der Waals surface area contributed by atoms with Crippen LogP contribution in [0.4, 0.5) is 4.79 Å². The van der Waals surface area contributed by atoms with Gasteiger partial charge in [-0.25, -0.2) is 0 Å². The summed E-state index contributed by atoms with van der Waals surface area (Å²) < 4.78 is 1.91. The molecule has 0 aliphatic carbocycles. The van der Waals surface area contributed by atoms with E-state index >= 15 is 0 Å². The van der Waals surface area contributed by atoms with Gasteiger partial charge in [0.1, 0.15) is 0 Å². The second-order valence-electron chi connectivity index (χ2n) is 3.88. The van der Waals surface area contributed by atoms with E-state index in [-0.39, 0.29) is 11.1 Å². The number of rotatable bonds is 3. The first-order valence-electron chi connectivity index (χ1n) is 5.50. The average molecular weight is 250 g/mol. The second-order valence-corrected chi connectivity index (χ2v) is 4.87. The standard InChI is InChI=1S/C12H14N2O2S/c1-3-6-14-11(15)10(17-12(14)16)8-9-5-4-7-13(9)2/h4-5,7-8H,3,6H2,1-2H3/b10-8-. The summed E-state index contributed by atoms with van der Waals surface area (Å²) in [5.41, 5.74) is 0.923. The number of hydrogen-bond acceptors (Lipinski definition) is 3. The van der Waals surface area contributed by atoms with Crippen LogP contribution in [0.1, 0.15) is 19.0 Å². The molecule has 0 aromatic carbocycles. The van der Waals surface area contributed by atoms with Crippen LogP contribution in [0.2, 0.25) is 0 Å². The Labute approximate surface area is 104 Å². The van der Waals surface area contributed by atoms with Crippen molar-refractivity contribution < 1.29 is 9.59 Å². The molecule has 1 fully saturated rings. The van der Waals surface area contributed by atoms with Crippen molar-refractivity contribution in [1.29, 1.82) is 0 Å². The maximum absolute atomic E-state index is 12.0. The number of nitrogens with zero attached hydrogens (tertiary/aromatic N) is 2. The molecule has 17 heavy (non-hydrogen) atoms. The zero-order valence-corrected chi connectivity index (χ0v) is 10.7. The molecule has 5 heteroatoms. The summed E-state index contributed by atoms with van der Waals surface area (Å²) in [5, 5.41) is -0.169. The normalized spacial score (nSPS) is 18.5. The van der Waals surface area contributed by atoms with Crippen LogP contribution in [-0.4, -0.2) is 27.2 Å². The van der Waals surface area contributed by atoms with Crippen LogP contribution in [0.25, 0.3) is 6.08 Å². The summed E-state index contributed by atoms with van der Waals surface area (Å²) in [6, 6.07) is 3.82. The van der Waals surface area contributed by atoms with Crippen molar-refractivity contribution in [2.75, 3.05) is 6.54 Å². The number of carbonyl (C=O) groups excluding carboxylic acids is 2. The smallest absolute Gasteiger partial charge is 0.293 e. The first kappa shape index (κ1) is 12.0. The molecule has 0 unspecified atom stereocenters. The monoisotopic (exact) mass is 250 g/mol. The highest BCUT2D eigenvalue weighted by Gasteiger charge is 2.34. The first-order chi connectivity index (χ1) is 8.13. The Kier molecular flexibility index (Phi) is 3.38. The van der Waals surface area contributed by atoms with Gasteiger partial charge in [-0.2, -0.15) is 0 Å². The van der Waals surface area contributed by atoms with Crippen LogP contribution in [0.5, 0.6) is 0 Å². The molecule has 0 radical (unpaired) electrons. The number of imide groups is 1. The lowest BCUT2D eigenvalue weighted by Crippen LogP contribution is -2.28. The van der Waals surface area contributed by atoms with Crippen molar-refractivity contribution in [2.45, 2.75) is 13.3 Å². The van der Waals surface area contributed by atoms with Crippen LogP contribution in [0.3, 0.4) is 0 Å². The predicted molar refractivity (Wildman–Crippen MR) is 68.4 cm³/mol. The van der Waals surface area contributed by atoms with Crippen LogP contribution in [-0.2, 0) is 11.8 Å². The number of amides is 2. The number of hydrogen-bond donors (Lipinski definition) is 0. The van der Waals surface area contributed by atoms with Crippen LogP contribution in [0, 0.1) is 0 Å². The van der Waals surface area contributed by atoms with Crippen LogP contribution < -0.4 is 0 Å². The minimum Gasteiger partial charge on any atom is -0.351 e. The lowest BCUT2D eigenvalue weighted by atomic mass is 10.3. The fourth-order valence-electron chi connectivity index (χ4n) is 1.67. The molecule has 1 aromatic heterocycles. The van der Waals surface area contributed by atoms with Gasteiger partial charge in [-0.05, 0) is 36.4 Å². The maximum Gasteiger partial charge on any atom is 0.293 e. The van der Waals surface area contributed by atoms with Crippen LogP contribution in [0.15, 0.2) is 23.2 Å². The number of carbonyl (C=O) groups is 2. The SMILES string of the molecule is CCCN1C(=O)S/C(=C\c2cccn2C)C1=O. The molecule has 2 rings (SSSR count). The van der Waals surface area contributed by atoms with E-state index in [0.29, 0.717) is 11.4 Å². The van der Waals surface area contributed by atoms with E-state index in [1.54, 1.807) is 6.08 Å². The van der Waals surface area contributed by atoms with Gasteiger partial charge < -0.3 is 4.57 Å². The molecule has 4 nitrogen and oxygen atoms in total. The zero-order chi connectivity index (χ0) is 12.4. The molecule has 1 aliphatic rings. The summed E-state index contributed by atoms with van der Waals surface area (Å²) in [5.74, 6) is -0.178. The van der Waals surface area contributed by atoms with Crippen molar-refractivity contribution in [3.05, 3.63) is 28.9 Å². The quantitative estimate of drug-likeness (QED) is 0.774. The Morgan fingerprint density at radius 1 is 1.41 bits per heavy atom. The Morgan fingerprint density at radius 2 is 2.18 bits per heavy atom. The molecule has 1 saturated heterocycles. The van der Waals surface area contributed by atoms with Gasteiger partial charge in [0.15, 0.2) is 0 Å². The summed E-state index contributed by atoms with van der Waals surface area (Å²) >= 11 is 1.01. The molecule has 0 atom stereocenters. The van der Waals surface area contributed by atoms with E-state index in [2.05, 4.69) is 0 Å². The molecule has 2 amide bonds. The second kappa shape index (κ2) is 4.79. The van der Waals surface area contributed by atoms with E-state index < -0.39 is 0 Å². The molecule has 2 heterocycles. The molecule has 0 spiro atoms. The third-order valence-corrected chi connectivity index (χ3v) is 3.49. The highest BCUT2D eigenvalue weighted by Crippen LogP contribution is 2.32.